The fraction of sp³-hybridized carbons (Fsp3) is 0.324. The first kappa shape index (κ1) is 30.4. The van der Waals surface area contributed by atoms with E-state index in [4.69, 9.17) is 16.3 Å². The number of fused-ring (bicyclic) bond motifs is 2. The maximum Gasteiger partial charge on any atom is 0.253 e. The van der Waals surface area contributed by atoms with E-state index in [9.17, 15) is 19.5 Å². The molecule has 236 valence electrons. The molecule has 0 aliphatic carbocycles. The summed E-state index contributed by atoms with van der Waals surface area (Å²) >= 11 is 6.60. The lowest BCUT2D eigenvalue weighted by Crippen LogP contribution is -2.59. The van der Waals surface area contributed by atoms with Gasteiger partial charge in [-0.05, 0) is 36.6 Å². The molecule has 0 radical (unpaired) electrons. The molecule has 0 aromatic heterocycles. The van der Waals surface area contributed by atoms with Crippen molar-refractivity contribution in [2.24, 2.45) is 11.8 Å². The average molecular weight is 638 g/mol. The van der Waals surface area contributed by atoms with Gasteiger partial charge >= 0.3 is 0 Å². The van der Waals surface area contributed by atoms with Crippen molar-refractivity contribution in [3.8, 4) is 0 Å². The van der Waals surface area contributed by atoms with Gasteiger partial charge in [-0.3, -0.25) is 14.4 Å². The number of nitrogens with zero attached hydrogens (tertiary/aromatic N) is 3. The Hall–Kier alpha value is -4.24. The van der Waals surface area contributed by atoms with Crippen LogP contribution in [0.2, 0.25) is 5.02 Å². The predicted molar refractivity (Wildman–Crippen MR) is 175 cm³/mol. The van der Waals surface area contributed by atoms with E-state index < -0.39 is 35.1 Å². The molecular weight excluding hydrogens is 602 g/mol. The molecule has 2 saturated heterocycles. The predicted octanol–water partition coefficient (Wildman–Crippen LogP) is 4.42. The van der Waals surface area contributed by atoms with E-state index in [-0.39, 0.29) is 30.9 Å². The molecule has 1 N–H and O–H groups in total. The molecule has 4 aliphatic rings. The minimum absolute atomic E-state index is 0.201. The normalized spacial score (nSPS) is 29.3. The highest BCUT2D eigenvalue weighted by molar-refractivity contribution is 6.34. The van der Waals surface area contributed by atoms with Crippen LogP contribution in [0.25, 0.3) is 0 Å². The number of aliphatic hydroxyl groups is 1. The third-order valence-corrected chi connectivity index (χ3v) is 10.2. The van der Waals surface area contributed by atoms with Gasteiger partial charge in [0.2, 0.25) is 11.8 Å². The van der Waals surface area contributed by atoms with Gasteiger partial charge in [0.05, 0.1) is 40.8 Å². The minimum atomic E-state index is -1.45. The molecule has 1 spiro atoms. The van der Waals surface area contributed by atoms with Crippen molar-refractivity contribution in [1.82, 2.24) is 9.80 Å². The number of aliphatic hydroxyl groups excluding tert-OH is 1. The molecule has 3 aromatic carbocycles. The number of anilines is 1. The van der Waals surface area contributed by atoms with E-state index in [0.717, 1.165) is 11.1 Å². The second-order valence-electron chi connectivity index (χ2n) is 12.7. The van der Waals surface area contributed by atoms with Gasteiger partial charge in [-0.15, -0.1) is 0 Å². The maximum absolute atomic E-state index is 14.9. The third-order valence-electron chi connectivity index (χ3n) is 9.86. The summed E-state index contributed by atoms with van der Waals surface area (Å²) in [5.41, 5.74) is -0.205. The van der Waals surface area contributed by atoms with Crippen LogP contribution in [0.5, 0.6) is 0 Å². The van der Waals surface area contributed by atoms with E-state index in [2.05, 4.69) is 0 Å². The molecule has 3 amide bonds. The molecule has 2 fully saturated rings. The second-order valence-corrected chi connectivity index (χ2v) is 13.1. The first-order valence-electron chi connectivity index (χ1n) is 15.7. The summed E-state index contributed by atoms with van der Waals surface area (Å²) in [4.78, 5) is 49.2. The van der Waals surface area contributed by atoms with E-state index in [1.165, 1.54) is 4.90 Å². The summed E-state index contributed by atoms with van der Waals surface area (Å²) in [6.07, 6.45) is 7.77. The van der Waals surface area contributed by atoms with Crippen LogP contribution >= 0.6 is 11.6 Å². The van der Waals surface area contributed by atoms with Crippen LogP contribution < -0.4 is 4.90 Å². The quantitative estimate of drug-likeness (QED) is 0.388. The van der Waals surface area contributed by atoms with Crippen LogP contribution in [0.3, 0.4) is 0 Å². The van der Waals surface area contributed by atoms with Crippen molar-refractivity contribution in [2.75, 3.05) is 24.6 Å². The van der Waals surface area contributed by atoms with Crippen LogP contribution in [0.4, 0.5) is 5.69 Å². The zero-order chi connectivity index (χ0) is 32.1. The van der Waals surface area contributed by atoms with Gasteiger partial charge < -0.3 is 24.5 Å². The van der Waals surface area contributed by atoms with Crippen molar-refractivity contribution in [3.63, 3.8) is 0 Å². The maximum atomic E-state index is 14.9. The number of halogens is 1. The van der Waals surface area contributed by atoms with Crippen molar-refractivity contribution in [3.05, 3.63) is 125 Å². The first-order chi connectivity index (χ1) is 22.3. The molecule has 0 bridgehead atoms. The molecule has 0 saturated carbocycles. The third kappa shape index (κ3) is 4.87. The van der Waals surface area contributed by atoms with Gasteiger partial charge in [0.1, 0.15) is 11.6 Å². The van der Waals surface area contributed by atoms with Crippen LogP contribution in [-0.2, 0) is 32.1 Å². The van der Waals surface area contributed by atoms with Gasteiger partial charge in [-0.2, -0.15) is 0 Å². The molecule has 1 unspecified atom stereocenters. The van der Waals surface area contributed by atoms with Crippen LogP contribution in [0.1, 0.15) is 18.1 Å². The number of amides is 3. The summed E-state index contributed by atoms with van der Waals surface area (Å²) in [6.45, 7) is 2.40. The molecule has 4 heterocycles. The van der Waals surface area contributed by atoms with Crippen LogP contribution in [-0.4, -0.2) is 75.6 Å². The average Bonchev–Trinajstić information content (AvgIpc) is 3.34. The van der Waals surface area contributed by atoms with Crippen molar-refractivity contribution < 1.29 is 24.2 Å². The highest BCUT2D eigenvalue weighted by Crippen LogP contribution is 2.58. The Morgan fingerprint density at radius 3 is 2.17 bits per heavy atom. The topological polar surface area (TPSA) is 90.4 Å². The first-order valence-corrected chi connectivity index (χ1v) is 16.1. The van der Waals surface area contributed by atoms with Crippen molar-refractivity contribution in [1.29, 1.82) is 0 Å². The molecule has 4 aliphatic heterocycles. The van der Waals surface area contributed by atoms with Crippen molar-refractivity contribution in [2.45, 2.75) is 43.2 Å². The summed E-state index contributed by atoms with van der Waals surface area (Å²) in [7, 11) is 0. The lowest BCUT2D eigenvalue weighted by atomic mass is 9.74. The second kappa shape index (κ2) is 11.8. The summed E-state index contributed by atoms with van der Waals surface area (Å²) < 4.78 is 6.98. The van der Waals surface area contributed by atoms with Crippen LogP contribution in [0.15, 0.2) is 109 Å². The fourth-order valence-electron chi connectivity index (χ4n) is 7.87. The number of hydrogen-bond acceptors (Lipinski definition) is 5. The van der Waals surface area contributed by atoms with E-state index in [1.54, 1.807) is 34.1 Å². The minimum Gasteiger partial charge on any atom is -0.394 e. The zero-order valence-electron chi connectivity index (χ0n) is 25.5. The van der Waals surface area contributed by atoms with E-state index in [1.807, 2.05) is 91.9 Å². The molecule has 7 rings (SSSR count). The Kier molecular flexibility index (Phi) is 7.83. The lowest BCUT2D eigenvalue weighted by Gasteiger charge is -2.40. The molecule has 46 heavy (non-hydrogen) atoms. The Morgan fingerprint density at radius 2 is 1.48 bits per heavy atom. The highest BCUT2D eigenvalue weighted by atomic mass is 35.5. The van der Waals surface area contributed by atoms with Gasteiger partial charge in [-0.1, -0.05) is 109 Å². The number of likely N-dealkylation sites (tertiary alicyclic amines) is 1. The van der Waals surface area contributed by atoms with Crippen LogP contribution in [0, 0.1) is 11.8 Å². The Bertz CT molecular complexity index is 1710. The Morgan fingerprint density at radius 1 is 0.826 bits per heavy atom. The number of carbonyl (C=O) groups is 3. The summed E-state index contributed by atoms with van der Waals surface area (Å²) in [6, 6.07) is 24.5. The number of ether oxygens (including phenoxy) is 1. The standard InChI is InChI=1S/C37H36ClN3O5/c1-36-18-10-20-39(23-26-14-6-3-7-15-26)33(43)30(36)31-34(44)41(27(24-42)22-25-12-4-2-5-13-25)32-35(45)40(21-11-19-37(31,32)46-36)29-17-9-8-16-28(29)38/h2-19,27,30-32,42H,20-24H2,1H3/t27-,30-,31+,32?,36+,37+/m1/s1. The van der Waals surface area contributed by atoms with Crippen molar-refractivity contribution >= 4 is 35.0 Å². The molecular formula is C37H36ClN3O5. The fourth-order valence-corrected chi connectivity index (χ4v) is 8.11. The van der Waals surface area contributed by atoms with Gasteiger partial charge in [-0.25, -0.2) is 0 Å². The Balaban J connectivity index is 1.35. The number of rotatable bonds is 7. The van der Waals surface area contributed by atoms with Gasteiger partial charge in [0, 0.05) is 19.6 Å². The number of para-hydroxylation sites is 1. The lowest BCUT2D eigenvalue weighted by molar-refractivity contribution is -0.151. The monoisotopic (exact) mass is 637 g/mol. The summed E-state index contributed by atoms with van der Waals surface area (Å²) in [5, 5.41) is 11.2. The van der Waals surface area contributed by atoms with Gasteiger partial charge in [0.25, 0.3) is 5.91 Å². The summed E-state index contributed by atoms with van der Waals surface area (Å²) in [5.74, 6) is -2.85. The van der Waals surface area contributed by atoms with E-state index >= 15 is 0 Å². The number of benzene rings is 3. The van der Waals surface area contributed by atoms with E-state index in [0.29, 0.717) is 30.2 Å². The molecule has 8 nitrogen and oxygen atoms in total. The van der Waals surface area contributed by atoms with Gasteiger partial charge in [0.15, 0.2) is 0 Å². The molecule has 6 atom stereocenters. The highest BCUT2D eigenvalue weighted by Gasteiger charge is 2.75. The Labute approximate surface area is 273 Å². The zero-order valence-corrected chi connectivity index (χ0v) is 26.3. The number of hydrogen-bond donors (Lipinski definition) is 1. The molecule has 3 aromatic rings. The molecule has 9 heteroatoms. The SMILES string of the molecule is C[C@]12C=CCN(Cc3ccccc3)C(=O)[C@H]1[C@H]1C(=O)N([C@@H](CO)Cc3ccccc3)C3C(=O)N(c4ccccc4Cl)CC=C[C@@]31O2. The largest absolute Gasteiger partial charge is 0.394 e. The smallest absolute Gasteiger partial charge is 0.253 e. The number of carbonyl (C=O) groups excluding carboxylic acids is 3.